The molecule has 0 aliphatic heterocycles. The summed E-state index contributed by atoms with van der Waals surface area (Å²) in [5, 5.41) is 0. The first-order chi connectivity index (χ1) is 23.7. The topological polar surface area (TPSA) is 3.24 Å². The van der Waals surface area contributed by atoms with Crippen molar-refractivity contribution < 1.29 is 0 Å². The quantitative estimate of drug-likeness (QED) is 0.134. The average Bonchev–Trinajstić information content (AvgIpc) is 3.68. The summed E-state index contributed by atoms with van der Waals surface area (Å²) in [4.78, 5) is 3.86. The monoisotopic (exact) mass is 721 g/mol. The second-order valence-electron chi connectivity index (χ2n) is 14.9. The van der Waals surface area contributed by atoms with Crippen molar-refractivity contribution in [1.82, 2.24) is 0 Å². The maximum absolute atomic E-state index is 3.80. The zero-order valence-corrected chi connectivity index (χ0v) is 31.6. The molecule has 0 radical (unpaired) electrons. The van der Waals surface area contributed by atoms with E-state index in [9.17, 15) is 0 Å². The van der Waals surface area contributed by atoms with Crippen LogP contribution in [-0.4, -0.2) is 0 Å². The second-order valence-corrected chi connectivity index (χ2v) is 17.3. The van der Waals surface area contributed by atoms with Gasteiger partial charge in [-0.25, -0.2) is 0 Å². The minimum absolute atomic E-state index is 0.0703. The van der Waals surface area contributed by atoms with Gasteiger partial charge in [0.1, 0.15) is 0 Å². The molecule has 2 aliphatic carbocycles. The Labute approximate surface area is 304 Å². The van der Waals surface area contributed by atoms with E-state index in [1.165, 1.54) is 107 Å². The zero-order chi connectivity index (χ0) is 33.9. The first-order valence-electron chi connectivity index (χ1n) is 17.9. The Balaban J connectivity index is 1.23. The summed E-state index contributed by atoms with van der Waals surface area (Å²) in [5.41, 5.74) is 17.2. The lowest BCUT2D eigenvalue weighted by atomic mass is 9.82. The largest absolute Gasteiger partial charge is 0.310 e. The number of nitrogens with zero attached hydrogens (tertiary/aromatic N) is 1. The standard InChI is InChI=1S/C46H44BrNS/c1-6-7-8-9-14-31-27-43(47)49-44(31)30-19-21-32(22-20-30)48(33-23-25-37-35-15-10-12-17-39(35)45(2,3)41(37)28-33)34-24-26-38-36-16-11-13-18-40(36)46(4,5)42(38)29-34/h10-13,15-29H,6-9,14H2,1-5H3. The molecule has 6 aromatic rings. The molecule has 246 valence electrons. The minimum Gasteiger partial charge on any atom is -0.310 e. The highest BCUT2D eigenvalue weighted by atomic mass is 79.9. The highest BCUT2D eigenvalue weighted by Gasteiger charge is 2.37. The summed E-state index contributed by atoms with van der Waals surface area (Å²) < 4.78 is 1.21. The van der Waals surface area contributed by atoms with Crippen molar-refractivity contribution in [3.05, 3.63) is 147 Å². The van der Waals surface area contributed by atoms with Crippen LogP contribution in [0, 0.1) is 0 Å². The fourth-order valence-electron chi connectivity index (χ4n) is 8.44. The van der Waals surface area contributed by atoms with E-state index in [0.717, 1.165) is 6.42 Å². The van der Waals surface area contributed by atoms with Crippen LogP contribution in [0.5, 0.6) is 0 Å². The van der Waals surface area contributed by atoms with Crippen molar-refractivity contribution in [2.24, 2.45) is 0 Å². The number of halogens is 1. The van der Waals surface area contributed by atoms with Gasteiger partial charge < -0.3 is 4.90 Å². The van der Waals surface area contributed by atoms with Crippen molar-refractivity contribution in [2.75, 3.05) is 4.90 Å². The first-order valence-corrected chi connectivity index (χ1v) is 19.5. The molecule has 5 aromatic carbocycles. The van der Waals surface area contributed by atoms with Gasteiger partial charge >= 0.3 is 0 Å². The van der Waals surface area contributed by atoms with Crippen molar-refractivity contribution >= 4 is 44.3 Å². The minimum atomic E-state index is -0.0703. The maximum Gasteiger partial charge on any atom is 0.0707 e. The molecule has 0 atom stereocenters. The van der Waals surface area contributed by atoms with E-state index < -0.39 is 0 Å². The molecule has 0 unspecified atom stereocenters. The Morgan fingerprint density at radius 2 is 1.06 bits per heavy atom. The van der Waals surface area contributed by atoms with Crippen LogP contribution in [0.2, 0.25) is 0 Å². The Kier molecular flexibility index (Phi) is 8.20. The van der Waals surface area contributed by atoms with Crippen LogP contribution < -0.4 is 4.90 Å². The molecule has 0 amide bonds. The first kappa shape index (κ1) is 32.3. The molecule has 0 fully saturated rings. The molecule has 3 heteroatoms. The van der Waals surface area contributed by atoms with Gasteiger partial charge in [-0.2, -0.15) is 0 Å². The number of hydrogen-bond donors (Lipinski definition) is 0. The number of thiophene rings is 1. The van der Waals surface area contributed by atoms with Gasteiger partial charge in [0.15, 0.2) is 0 Å². The molecule has 0 saturated heterocycles. The fraction of sp³-hybridized carbons (Fsp3) is 0.261. The fourth-order valence-corrected chi connectivity index (χ4v) is 10.1. The summed E-state index contributed by atoms with van der Waals surface area (Å²) in [6.45, 7) is 11.8. The number of hydrogen-bond acceptors (Lipinski definition) is 2. The summed E-state index contributed by atoms with van der Waals surface area (Å²) in [6.07, 6.45) is 6.24. The van der Waals surface area contributed by atoms with Gasteiger partial charge in [0.2, 0.25) is 0 Å². The third kappa shape index (κ3) is 5.41. The summed E-state index contributed by atoms with van der Waals surface area (Å²) >= 11 is 5.66. The average molecular weight is 723 g/mol. The van der Waals surface area contributed by atoms with Crippen molar-refractivity contribution in [3.8, 4) is 32.7 Å². The van der Waals surface area contributed by atoms with Gasteiger partial charge in [0, 0.05) is 32.8 Å². The second kappa shape index (κ2) is 12.4. The van der Waals surface area contributed by atoms with Crippen molar-refractivity contribution in [3.63, 3.8) is 0 Å². The van der Waals surface area contributed by atoms with Crippen LogP contribution in [0.3, 0.4) is 0 Å². The number of benzene rings is 5. The lowest BCUT2D eigenvalue weighted by molar-refractivity contribution is 0.660. The molecule has 0 saturated carbocycles. The van der Waals surface area contributed by atoms with Crippen LogP contribution in [0.1, 0.15) is 88.1 Å². The normalized spacial score (nSPS) is 14.7. The number of aryl methyl sites for hydroxylation is 1. The molecular weight excluding hydrogens is 678 g/mol. The Hall–Kier alpha value is -3.92. The molecule has 1 nitrogen and oxygen atoms in total. The van der Waals surface area contributed by atoms with Crippen molar-refractivity contribution in [2.45, 2.75) is 77.6 Å². The maximum atomic E-state index is 3.80. The number of anilines is 3. The SMILES string of the molecule is CCCCCCc1cc(Br)sc1-c1ccc(N(c2ccc3c(c2)C(C)(C)c2ccccc2-3)c2ccc3c(c2)C(C)(C)c2ccccc2-3)cc1. The molecule has 2 aliphatic rings. The highest BCUT2D eigenvalue weighted by Crippen LogP contribution is 2.53. The molecule has 0 bridgehead atoms. The zero-order valence-electron chi connectivity index (χ0n) is 29.2. The van der Waals surface area contributed by atoms with Gasteiger partial charge in [-0.15, -0.1) is 11.3 Å². The predicted molar refractivity (Wildman–Crippen MR) is 215 cm³/mol. The third-order valence-electron chi connectivity index (χ3n) is 11.1. The van der Waals surface area contributed by atoms with Gasteiger partial charge in [0.25, 0.3) is 0 Å². The molecule has 49 heavy (non-hydrogen) atoms. The van der Waals surface area contributed by atoms with E-state index in [1.807, 2.05) is 11.3 Å². The lowest BCUT2D eigenvalue weighted by Crippen LogP contribution is -2.18. The summed E-state index contributed by atoms with van der Waals surface area (Å²) in [6, 6.07) is 43.7. The Morgan fingerprint density at radius 3 is 1.61 bits per heavy atom. The van der Waals surface area contributed by atoms with E-state index in [0.29, 0.717) is 0 Å². The van der Waals surface area contributed by atoms with E-state index in [2.05, 4.69) is 171 Å². The number of fused-ring (bicyclic) bond motifs is 6. The summed E-state index contributed by atoms with van der Waals surface area (Å²) in [5.74, 6) is 0. The van der Waals surface area contributed by atoms with Crippen LogP contribution in [0.4, 0.5) is 17.1 Å². The number of rotatable bonds is 9. The van der Waals surface area contributed by atoms with Crippen LogP contribution in [-0.2, 0) is 17.3 Å². The van der Waals surface area contributed by atoms with Gasteiger partial charge in [-0.1, -0.05) is 127 Å². The van der Waals surface area contributed by atoms with E-state index >= 15 is 0 Å². The van der Waals surface area contributed by atoms with E-state index in [4.69, 9.17) is 0 Å². The van der Waals surface area contributed by atoms with E-state index in [-0.39, 0.29) is 10.8 Å². The van der Waals surface area contributed by atoms with Crippen molar-refractivity contribution in [1.29, 1.82) is 0 Å². The van der Waals surface area contributed by atoms with Gasteiger partial charge in [0.05, 0.1) is 3.79 Å². The molecule has 0 spiro atoms. The van der Waals surface area contributed by atoms with Crippen LogP contribution in [0.15, 0.2) is 119 Å². The van der Waals surface area contributed by atoms with Gasteiger partial charge in [-0.05, 0) is 127 Å². The molecule has 1 aromatic heterocycles. The Bertz CT molecular complexity index is 2080. The van der Waals surface area contributed by atoms with E-state index in [1.54, 1.807) is 0 Å². The molecular formula is C46H44BrNS. The number of unbranched alkanes of at least 4 members (excludes halogenated alkanes) is 3. The third-order valence-corrected chi connectivity index (χ3v) is 12.8. The Morgan fingerprint density at radius 1 is 0.551 bits per heavy atom. The predicted octanol–water partition coefficient (Wildman–Crippen LogP) is 14.4. The van der Waals surface area contributed by atoms with Crippen LogP contribution >= 0.6 is 27.3 Å². The highest BCUT2D eigenvalue weighted by molar-refractivity contribution is 9.11. The molecule has 8 rings (SSSR count). The molecule has 0 N–H and O–H groups in total. The van der Waals surface area contributed by atoms with Gasteiger partial charge in [-0.3, -0.25) is 0 Å². The summed E-state index contributed by atoms with van der Waals surface area (Å²) in [7, 11) is 0. The van der Waals surface area contributed by atoms with Crippen LogP contribution in [0.25, 0.3) is 32.7 Å². The lowest BCUT2D eigenvalue weighted by Gasteiger charge is -2.30. The molecule has 1 heterocycles. The smallest absolute Gasteiger partial charge is 0.0707 e.